The Morgan fingerprint density at radius 2 is 2.19 bits per heavy atom. The Hall–Kier alpha value is -1.96. The first kappa shape index (κ1) is 20.4. The first-order valence-electron chi connectivity index (χ1n) is 8.27. The number of nitriles is 1. The zero-order chi connectivity index (χ0) is 19.3. The first-order chi connectivity index (χ1) is 12.2. The van der Waals surface area contributed by atoms with Gasteiger partial charge in [0, 0.05) is 18.0 Å². The Balaban J connectivity index is 2.04. The number of nitrogens with one attached hydrogen (secondary N) is 1. The molecule has 8 nitrogen and oxygen atoms in total. The lowest BCUT2D eigenvalue weighted by Crippen LogP contribution is -2.49. The number of carbonyl (C=O) groups is 2. The molecule has 0 spiro atoms. The molecule has 0 bridgehead atoms. The van der Waals surface area contributed by atoms with Crippen molar-refractivity contribution in [3.63, 3.8) is 0 Å². The number of thiophene rings is 1. The van der Waals surface area contributed by atoms with Gasteiger partial charge in [-0.2, -0.15) is 5.26 Å². The molecule has 0 radical (unpaired) electrons. The smallest absolute Gasteiger partial charge is 0.245 e. The predicted octanol–water partition coefficient (Wildman–Crippen LogP) is 0.508. The van der Waals surface area contributed by atoms with Crippen molar-refractivity contribution in [2.45, 2.75) is 32.4 Å². The van der Waals surface area contributed by atoms with Crippen molar-refractivity contribution in [1.29, 1.82) is 5.26 Å². The van der Waals surface area contributed by atoms with Gasteiger partial charge in [-0.15, -0.1) is 11.3 Å². The maximum absolute atomic E-state index is 12.9. The van der Waals surface area contributed by atoms with Crippen LogP contribution in [0.2, 0.25) is 0 Å². The van der Waals surface area contributed by atoms with Crippen LogP contribution in [0.1, 0.15) is 29.5 Å². The lowest BCUT2D eigenvalue weighted by atomic mass is 10.2. The van der Waals surface area contributed by atoms with Crippen LogP contribution in [-0.4, -0.2) is 62.0 Å². The summed E-state index contributed by atoms with van der Waals surface area (Å²) in [5, 5.41) is 8.91. The molecule has 0 aromatic carbocycles. The molecule has 1 saturated heterocycles. The minimum absolute atomic E-state index is 0.149. The lowest BCUT2D eigenvalue weighted by molar-refractivity contribution is -0.143. The highest BCUT2D eigenvalue weighted by Gasteiger charge is 2.36. The third-order valence-corrected chi connectivity index (χ3v) is 5.80. The molecule has 0 aliphatic carbocycles. The van der Waals surface area contributed by atoms with Crippen LogP contribution in [0.3, 0.4) is 0 Å². The molecule has 142 valence electrons. The van der Waals surface area contributed by atoms with Crippen LogP contribution in [0.4, 0.5) is 0 Å². The summed E-state index contributed by atoms with van der Waals surface area (Å²) in [5.74, 6) is -0.546. The van der Waals surface area contributed by atoms with Gasteiger partial charge in [0.05, 0.1) is 19.3 Å². The minimum atomic E-state index is -3.47. The van der Waals surface area contributed by atoms with E-state index in [1.54, 1.807) is 11.0 Å². The molecule has 2 heterocycles. The third-order valence-electron chi connectivity index (χ3n) is 4.16. The molecule has 1 aromatic rings. The Morgan fingerprint density at radius 1 is 1.46 bits per heavy atom. The van der Waals surface area contributed by atoms with Crippen molar-refractivity contribution in [1.82, 2.24) is 14.5 Å². The van der Waals surface area contributed by atoms with Gasteiger partial charge < -0.3 is 9.80 Å². The van der Waals surface area contributed by atoms with Crippen LogP contribution in [0, 0.1) is 11.3 Å². The monoisotopic (exact) mass is 398 g/mol. The molecule has 1 aliphatic heterocycles. The second-order valence-corrected chi connectivity index (χ2v) is 9.07. The van der Waals surface area contributed by atoms with E-state index >= 15 is 0 Å². The molecular formula is C16H22N4O4S2. The largest absolute Gasteiger partial charge is 0.336 e. The Morgan fingerprint density at radius 3 is 2.77 bits per heavy atom. The van der Waals surface area contributed by atoms with Crippen molar-refractivity contribution in [2.24, 2.45) is 0 Å². The Labute approximate surface area is 157 Å². The lowest BCUT2D eigenvalue weighted by Gasteiger charge is -2.29. The van der Waals surface area contributed by atoms with Crippen molar-refractivity contribution >= 4 is 33.2 Å². The summed E-state index contributed by atoms with van der Waals surface area (Å²) in [7, 11) is -3.47. The van der Waals surface area contributed by atoms with E-state index in [1.807, 2.05) is 13.0 Å². The van der Waals surface area contributed by atoms with Crippen molar-refractivity contribution < 1.29 is 18.0 Å². The fourth-order valence-corrected chi connectivity index (χ4v) is 4.09. The highest BCUT2D eigenvalue weighted by atomic mass is 32.2. The molecule has 1 unspecified atom stereocenters. The fraction of sp³-hybridized carbons (Fsp3) is 0.562. The summed E-state index contributed by atoms with van der Waals surface area (Å²) in [5.41, 5.74) is 0. The number of nitrogens with zero attached hydrogens (tertiary/aromatic N) is 3. The van der Waals surface area contributed by atoms with Gasteiger partial charge in [-0.3, -0.25) is 9.59 Å². The van der Waals surface area contributed by atoms with E-state index in [0.29, 0.717) is 37.4 Å². The van der Waals surface area contributed by atoms with Gasteiger partial charge in [0.25, 0.3) is 0 Å². The average Bonchev–Trinajstić information content (AvgIpc) is 3.25. The Bertz CT molecular complexity index is 812. The van der Waals surface area contributed by atoms with Crippen molar-refractivity contribution in [2.75, 3.05) is 25.9 Å². The maximum Gasteiger partial charge on any atom is 0.245 e. The number of sulfonamides is 1. The van der Waals surface area contributed by atoms with Gasteiger partial charge in [-0.25, -0.2) is 13.1 Å². The van der Waals surface area contributed by atoms with Gasteiger partial charge in [-0.05, 0) is 31.9 Å². The van der Waals surface area contributed by atoms with Crippen molar-refractivity contribution in [3.05, 3.63) is 21.9 Å². The summed E-state index contributed by atoms with van der Waals surface area (Å²) >= 11 is 1.34. The highest BCUT2D eigenvalue weighted by Crippen LogP contribution is 2.22. The number of amides is 2. The second-order valence-electron chi connectivity index (χ2n) is 6.07. The van der Waals surface area contributed by atoms with E-state index in [1.165, 1.54) is 16.2 Å². The fourth-order valence-electron chi connectivity index (χ4n) is 2.88. The SMILES string of the molecule is CCN(Cc1ccc(C#N)s1)C(=O)C1CCCN1C(=O)CNS(C)(=O)=O. The van der Waals surface area contributed by atoms with Crippen molar-refractivity contribution in [3.8, 4) is 6.07 Å². The van der Waals surface area contributed by atoms with Gasteiger partial charge in [0.15, 0.2) is 0 Å². The topological polar surface area (TPSA) is 111 Å². The van der Waals surface area contributed by atoms with E-state index in [4.69, 9.17) is 5.26 Å². The van der Waals surface area contributed by atoms with Crippen LogP contribution in [0.5, 0.6) is 0 Å². The number of hydrogen-bond donors (Lipinski definition) is 1. The van der Waals surface area contributed by atoms with E-state index in [2.05, 4.69) is 10.8 Å². The number of rotatable bonds is 7. The first-order valence-corrected chi connectivity index (χ1v) is 11.0. The molecule has 26 heavy (non-hydrogen) atoms. The van der Waals surface area contributed by atoms with E-state index in [-0.39, 0.29) is 12.5 Å². The summed E-state index contributed by atoms with van der Waals surface area (Å²) in [4.78, 5) is 29.8. The van der Waals surface area contributed by atoms with Crippen LogP contribution in [0.25, 0.3) is 0 Å². The molecule has 2 rings (SSSR count). The van der Waals surface area contributed by atoms with Gasteiger partial charge in [0.1, 0.15) is 17.0 Å². The maximum atomic E-state index is 12.9. The summed E-state index contributed by atoms with van der Waals surface area (Å²) in [6.07, 6.45) is 2.26. The standard InChI is InChI=1S/C16H22N4O4S2/c1-3-19(11-13-7-6-12(9-17)25-13)16(22)14-5-4-8-20(14)15(21)10-18-26(2,23)24/h6-7,14,18H,3-5,8,10-11H2,1-2H3. The van der Waals surface area contributed by atoms with Crippen LogP contribution in [-0.2, 0) is 26.2 Å². The molecule has 1 atom stereocenters. The molecule has 2 amide bonds. The van der Waals surface area contributed by atoms with Gasteiger partial charge >= 0.3 is 0 Å². The average molecular weight is 399 g/mol. The Kier molecular flexibility index (Phi) is 6.75. The summed E-state index contributed by atoms with van der Waals surface area (Å²) in [6, 6.07) is 5.06. The van der Waals surface area contributed by atoms with Crippen LogP contribution < -0.4 is 4.72 Å². The van der Waals surface area contributed by atoms with Gasteiger partial charge in [0.2, 0.25) is 21.8 Å². The number of carbonyl (C=O) groups excluding carboxylic acids is 2. The van der Waals surface area contributed by atoms with E-state index in [0.717, 1.165) is 11.1 Å². The second kappa shape index (κ2) is 8.62. The van der Waals surface area contributed by atoms with Crippen LogP contribution >= 0.6 is 11.3 Å². The predicted molar refractivity (Wildman–Crippen MR) is 97.7 cm³/mol. The minimum Gasteiger partial charge on any atom is -0.336 e. The molecule has 1 N–H and O–H groups in total. The summed E-state index contributed by atoms with van der Waals surface area (Å²) in [6.45, 7) is 2.84. The zero-order valence-corrected chi connectivity index (χ0v) is 16.4. The third kappa shape index (κ3) is 5.27. The van der Waals surface area contributed by atoms with Gasteiger partial charge in [-0.1, -0.05) is 0 Å². The molecule has 0 saturated carbocycles. The normalized spacial score (nSPS) is 17.1. The number of likely N-dealkylation sites (tertiary alicyclic amines) is 1. The quantitative estimate of drug-likeness (QED) is 0.719. The van der Waals surface area contributed by atoms with Crippen LogP contribution in [0.15, 0.2) is 12.1 Å². The summed E-state index contributed by atoms with van der Waals surface area (Å²) < 4.78 is 24.5. The number of hydrogen-bond acceptors (Lipinski definition) is 6. The highest BCUT2D eigenvalue weighted by molar-refractivity contribution is 7.88. The van der Waals surface area contributed by atoms with E-state index < -0.39 is 22.0 Å². The number of likely N-dealkylation sites (N-methyl/N-ethyl adjacent to an activating group) is 1. The molecular weight excluding hydrogens is 376 g/mol. The van der Waals surface area contributed by atoms with E-state index in [9.17, 15) is 18.0 Å². The molecule has 1 aromatic heterocycles. The molecule has 10 heteroatoms. The molecule has 1 fully saturated rings. The molecule has 1 aliphatic rings. The zero-order valence-electron chi connectivity index (χ0n) is 14.8.